The predicted molar refractivity (Wildman–Crippen MR) is 61.6 cm³/mol. The minimum Gasteiger partial charge on any atom is -0.396 e. The van der Waals surface area contributed by atoms with Crippen LogP contribution < -0.4 is 5.73 Å². The Bertz CT molecular complexity index is 190. The molecular weight excluding hydrogens is 190 g/mol. The van der Waals surface area contributed by atoms with E-state index in [9.17, 15) is 5.11 Å². The smallest absolute Gasteiger partial charge is 0.0586 e. The van der Waals surface area contributed by atoms with Crippen molar-refractivity contribution in [3.8, 4) is 0 Å². The summed E-state index contributed by atoms with van der Waals surface area (Å²) in [5.74, 6) is 0.395. The van der Waals surface area contributed by atoms with Gasteiger partial charge in [0.15, 0.2) is 0 Å². The van der Waals surface area contributed by atoms with E-state index in [1.807, 2.05) is 0 Å². The molecule has 0 saturated carbocycles. The average molecular weight is 215 g/mol. The van der Waals surface area contributed by atoms with E-state index in [1.54, 1.807) is 0 Å². The highest BCUT2D eigenvalue weighted by Gasteiger charge is 2.36. The summed E-state index contributed by atoms with van der Waals surface area (Å²) in [5, 5.41) is 9.54. The molecule has 3 atom stereocenters. The van der Waals surface area contributed by atoms with Crippen molar-refractivity contribution in [1.82, 2.24) is 0 Å². The lowest BCUT2D eigenvalue weighted by atomic mass is 9.73. The molecular formula is C12H25NO2. The number of rotatable bonds is 5. The molecule has 0 aliphatic carbocycles. The summed E-state index contributed by atoms with van der Waals surface area (Å²) >= 11 is 0. The Morgan fingerprint density at radius 2 is 2.13 bits per heavy atom. The van der Waals surface area contributed by atoms with Gasteiger partial charge >= 0.3 is 0 Å². The molecule has 0 aromatic carbocycles. The highest BCUT2D eigenvalue weighted by molar-refractivity contribution is 4.87. The van der Waals surface area contributed by atoms with Crippen LogP contribution in [0.5, 0.6) is 0 Å². The highest BCUT2D eigenvalue weighted by Crippen LogP contribution is 2.36. The number of aliphatic hydroxyl groups is 1. The Morgan fingerprint density at radius 3 is 2.47 bits per heavy atom. The second-order valence-corrected chi connectivity index (χ2v) is 5.23. The van der Waals surface area contributed by atoms with Crippen LogP contribution in [0.1, 0.15) is 40.0 Å². The van der Waals surface area contributed by atoms with Crippen LogP contribution in [0.25, 0.3) is 0 Å². The summed E-state index contributed by atoms with van der Waals surface area (Å²) in [7, 11) is 0. The third kappa shape index (κ3) is 2.92. The summed E-state index contributed by atoms with van der Waals surface area (Å²) in [6.07, 6.45) is 3.79. The van der Waals surface area contributed by atoms with Gasteiger partial charge in [0.05, 0.1) is 18.8 Å². The molecule has 0 amide bonds. The molecule has 0 spiro atoms. The van der Waals surface area contributed by atoms with Crippen LogP contribution in [0.4, 0.5) is 0 Å². The number of aliphatic hydroxyl groups excluding tert-OH is 1. The van der Waals surface area contributed by atoms with E-state index >= 15 is 0 Å². The quantitative estimate of drug-likeness (QED) is 0.731. The molecule has 0 aromatic rings. The molecule has 1 saturated heterocycles. The lowest BCUT2D eigenvalue weighted by Crippen LogP contribution is -2.42. The largest absolute Gasteiger partial charge is 0.396 e. The second kappa shape index (κ2) is 5.28. The molecule has 0 aromatic heterocycles. The van der Waals surface area contributed by atoms with E-state index in [0.717, 1.165) is 19.3 Å². The van der Waals surface area contributed by atoms with E-state index in [2.05, 4.69) is 20.8 Å². The maximum absolute atomic E-state index is 9.54. The zero-order chi connectivity index (χ0) is 11.5. The lowest BCUT2D eigenvalue weighted by Gasteiger charge is -2.36. The van der Waals surface area contributed by atoms with Crippen LogP contribution in [0.2, 0.25) is 0 Å². The Balaban J connectivity index is 2.58. The van der Waals surface area contributed by atoms with Crippen molar-refractivity contribution < 1.29 is 9.84 Å². The third-order valence-corrected chi connectivity index (χ3v) is 3.90. The fourth-order valence-corrected chi connectivity index (χ4v) is 2.36. The van der Waals surface area contributed by atoms with Gasteiger partial charge in [0.1, 0.15) is 0 Å². The number of hydrogen-bond donors (Lipinski definition) is 2. The van der Waals surface area contributed by atoms with E-state index in [-0.39, 0.29) is 18.1 Å². The van der Waals surface area contributed by atoms with Crippen LogP contribution in [0.3, 0.4) is 0 Å². The van der Waals surface area contributed by atoms with Crippen molar-refractivity contribution in [3.05, 3.63) is 0 Å². The summed E-state index contributed by atoms with van der Waals surface area (Å²) in [6.45, 7) is 7.06. The molecule has 3 heteroatoms. The molecule has 3 nitrogen and oxygen atoms in total. The molecule has 3 unspecified atom stereocenters. The van der Waals surface area contributed by atoms with Gasteiger partial charge in [-0.2, -0.15) is 0 Å². The van der Waals surface area contributed by atoms with Crippen molar-refractivity contribution in [2.24, 2.45) is 17.1 Å². The SMILES string of the molecule is CC1CCC(CC(CN)(CO)C(C)C)O1. The van der Waals surface area contributed by atoms with Crippen molar-refractivity contribution in [3.63, 3.8) is 0 Å². The first-order valence-corrected chi connectivity index (χ1v) is 6.00. The zero-order valence-electron chi connectivity index (χ0n) is 10.2. The molecule has 0 radical (unpaired) electrons. The fraction of sp³-hybridized carbons (Fsp3) is 1.00. The first kappa shape index (κ1) is 12.9. The lowest BCUT2D eigenvalue weighted by molar-refractivity contribution is -0.0118. The van der Waals surface area contributed by atoms with Crippen LogP contribution in [-0.2, 0) is 4.74 Å². The molecule has 1 heterocycles. The third-order valence-electron chi connectivity index (χ3n) is 3.90. The van der Waals surface area contributed by atoms with Gasteiger partial charge < -0.3 is 15.6 Å². The van der Waals surface area contributed by atoms with Gasteiger partial charge in [-0.3, -0.25) is 0 Å². The topological polar surface area (TPSA) is 55.5 Å². The van der Waals surface area contributed by atoms with Crippen molar-refractivity contribution >= 4 is 0 Å². The van der Waals surface area contributed by atoms with E-state index in [1.165, 1.54) is 0 Å². The first-order chi connectivity index (χ1) is 7.04. The van der Waals surface area contributed by atoms with Gasteiger partial charge in [0.25, 0.3) is 0 Å². The molecule has 1 rings (SSSR count). The van der Waals surface area contributed by atoms with Gasteiger partial charge in [-0.1, -0.05) is 13.8 Å². The fourth-order valence-electron chi connectivity index (χ4n) is 2.36. The second-order valence-electron chi connectivity index (χ2n) is 5.23. The van der Waals surface area contributed by atoms with Gasteiger partial charge in [-0.15, -0.1) is 0 Å². The summed E-state index contributed by atoms with van der Waals surface area (Å²) in [4.78, 5) is 0. The maximum Gasteiger partial charge on any atom is 0.0586 e. The van der Waals surface area contributed by atoms with Crippen LogP contribution in [0.15, 0.2) is 0 Å². The molecule has 1 aliphatic rings. The van der Waals surface area contributed by atoms with Crippen molar-refractivity contribution in [1.29, 1.82) is 0 Å². The Morgan fingerprint density at radius 1 is 1.47 bits per heavy atom. The number of nitrogens with two attached hydrogens (primary N) is 1. The van der Waals surface area contributed by atoms with Gasteiger partial charge in [-0.25, -0.2) is 0 Å². The highest BCUT2D eigenvalue weighted by atomic mass is 16.5. The van der Waals surface area contributed by atoms with Gasteiger partial charge in [0, 0.05) is 12.0 Å². The van der Waals surface area contributed by atoms with Crippen LogP contribution in [0, 0.1) is 11.3 Å². The Hall–Kier alpha value is -0.120. The molecule has 1 aliphatic heterocycles. The Labute approximate surface area is 93.0 Å². The minimum absolute atomic E-state index is 0.158. The minimum atomic E-state index is -0.158. The molecule has 1 fully saturated rings. The van der Waals surface area contributed by atoms with E-state index in [0.29, 0.717) is 18.6 Å². The maximum atomic E-state index is 9.54. The van der Waals surface area contributed by atoms with Crippen molar-refractivity contribution in [2.75, 3.05) is 13.2 Å². The molecule has 3 N–H and O–H groups in total. The summed E-state index contributed by atoms with van der Waals surface area (Å²) < 4.78 is 5.80. The summed E-state index contributed by atoms with van der Waals surface area (Å²) in [5.41, 5.74) is 5.66. The monoisotopic (exact) mass is 215 g/mol. The zero-order valence-corrected chi connectivity index (χ0v) is 10.2. The Kier molecular flexibility index (Phi) is 4.56. The predicted octanol–water partition coefficient (Wildman–Crippen LogP) is 1.54. The standard InChI is InChI=1S/C12H25NO2/c1-9(2)12(7-13,8-14)6-11-5-4-10(3)15-11/h9-11,14H,4-8,13H2,1-3H3. The van der Waals surface area contributed by atoms with Gasteiger partial charge in [-0.05, 0) is 32.1 Å². The van der Waals surface area contributed by atoms with Gasteiger partial charge in [0.2, 0.25) is 0 Å². The van der Waals surface area contributed by atoms with E-state index < -0.39 is 0 Å². The first-order valence-electron chi connectivity index (χ1n) is 6.00. The average Bonchev–Trinajstić information content (AvgIpc) is 2.60. The van der Waals surface area contributed by atoms with E-state index in [4.69, 9.17) is 10.5 Å². The molecule has 0 bridgehead atoms. The summed E-state index contributed by atoms with van der Waals surface area (Å²) in [6, 6.07) is 0. The van der Waals surface area contributed by atoms with Crippen LogP contribution in [-0.4, -0.2) is 30.5 Å². The van der Waals surface area contributed by atoms with Crippen LogP contribution >= 0.6 is 0 Å². The van der Waals surface area contributed by atoms with Crippen molar-refractivity contribution in [2.45, 2.75) is 52.2 Å². The molecule has 90 valence electrons. The number of hydrogen-bond acceptors (Lipinski definition) is 3. The number of ether oxygens (including phenoxy) is 1. The molecule has 15 heavy (non-hydrogen) atoms. The normalized spacial score (nSPS) is 30.8.